The van der Waals surface area contributed by atoms with Gasteiger partial charge in [-0.2, -0.15) is 4.98 Å². The van der Waals surface area contributed by atoms with E-state index in [1.807, 2.05) is 6.92 Å². The highest BCUT2D eigenvalue weighted by molar-refractivity contribution is 5.82. The summed E-state index contributed by atoms with van der Waals surface area (Å²) in [5.74, 6) is 0.535. The minimum absolute atomic E-state index is 0.0323. The van der Waals surface area contributed by atoms with Crippen LogP contribution >= 0.6 is 0 Å². The molecule has 16 heavy (non-hydrogen) atoms. The van der Waals surface area contributed by atoms with Crippen LogP contribution in [-0.4, -0.2) is 15.9 Å². The van der Waals surface area contributed by atoms with Gasteiger partial charge in [0.25, 0.3) is 0 Å². The molecule has 2 heterocycles. The lowest BCUT2D eigenvalue weighted by Gasteiger charge is -2.03. The Balaban J connectivity index is 2.29. The van der Waals surface area contributed by atoms with Crippen molar-refractivity contribution < 1.29 is 13.7 Å². The summed E-state index contributed by atoms with van der Waals surface area (Å²) in [6.07, 6.45) is 3.72. The van der Waals surface area contributed by atoms with E-state index in [2.05, 4.69) is 10.1 Å². The summed E-state index contributed by atoms with van der Waals surface area (Å²) < 4.78 is 10.0. The molecule has 0 aromatic carbocycles. The third-order valence-electron chi connectivity index (χ3n) is 2.42. The smallest absolute Gasteiger partial charge is 0.237 e. The molecule has 0 aliphatic rings. The Morgan fingerprint density at radius 2 is 2.38 bits per heavy atom. The van der Waals surface area contributed by atoms with Gasteiger partial charge < -0.3 is 8.94 Å². The number of ketones is 1. The Morgan fingerprint density at radius 1 is 1.56 bits per heavy atom. The van der Waals surface area contributed by atoms with Crippen molar-refractivity contribution in [1.82, 2.24) is 10.1 Å². The molecule has 84 valence electrons. The van der Waals surface area contributed by atoms with Gasteiger partial charge in [0.05, 0.1) is 17.7 Å². The maximum absolute atomic E-state index is 11.3. The van der Waals surface area contributed by atoms with E-state index in [-0.39, 0.29) is 11.7 Å². The van der Waals surface area contributed by atoms with E-state index in [1.54, 1.807) is 6.07 Å². The zero-order valence-corrected chi connectivity index (χ0v) is 9.14. The van der Waals surface area contributed by atoms with Crippen molar-refractivity contribution in [3.8, 4) is 11.4 Å². The molecule has 0 fully saturated rings. The topological polar surface area (TPSA) is 69.1 Å². The summed E-state index contributed by atoms with van der Waals surface area (Å²) in [6, 6.07) is 1.74. The number of Topliss-reactive ketones (excluding diaryl/α,β-unsaturated/α-hetero) is 1. The predicted molar refractivity (Wildman–Crippen MR) is 55.7 cm³/mol. The lowest BCUT2D eigenvalue weighted by molar-refractivity contribution is -0.119. The summed E-state index contributed by atoms with van der Waals surface area (Å²) in [5, 5.41) is 3.81. The second kappa shape index (κ2) is 4.30. The Labute approximate surface area is 92.5 Å². The number of carbonyl (C=O) groups is 1. The van der Waals surface area contributed by atoms with Crippen LogP contribution in [-0.2, 0) is 4.79 Å². The van der Waals surface area contributed by atoms with Crippen molar-refractivity contribution in [3.63, 3.8) is 0 Å². The third kappa shape index (κ3) is 1.88. The molecule has 1 atom stereocenters. The van der Waals surface area contributed by atoms with Crippen molar-refractivity contribution in [2.75, 3.05) is 0 Å². The van der Waals surface area contributed by atoms with E-state index in [1.165, 1.54) is 19.5 Å². The van der Waals surface area contributed by atoms with Gasteiger partial charge in [-0.15, -0.1) is 0 Å². The van der Waals surface area contributed by atoms with Gasteiger partial charge in [-0.1, -0.05) is 12.1 Å². The van der Waals surface area contributed by atoms with Gasteiger partial charge in [0, 0.05) is 0 Å². The number of furan rings is 1. The third-order valence-corrected chi connectivity index (χ3v) is 2.42. The Morgan fingerprint density at radius 3 is 2.94 bits per heavy atom. The van der Waals surface area contributed by atoms with Crippen LogP contribution in [0.4, 0.5) is 0 Å². The highest BCUT2D eigenvalue weighted by atomic mass is 16.5. The Kier molecular flexibility index (Phi) is 2.85. The van der Waals surface area contributed by atoms with Gasteiger partial charge >= 0.3 is 0 Å². The van der Waals surface area contributed by atoms with Crippen LogP contribution in [0.1, 0.15) is 32.1 Å². The zero-order chi connectivity index (χ0) is 11.5. The SMILES string of the molecule is CCC(C(C)=O)c1nc(-c2ccoc2)no1. The minimum atomic E-state index is -0.312. The van der Waals surface area contributed by atoms with Gasteiger partial charge in [0.2, 0.25) is 11.7 Å². The molecule has 0 saturated heterocycles. The van der Waals surface area contributed by atoms with E-state index < -0.39 is 0 Å². The van der Waals surface area contributed by atoms with Gasteiger partial charge in [-0.3, -0.25) is 4.79 Å². The first kappa shape index (κ1) is 10.6. The second-order valence-electron chi connectivity index (χ2n) is 3.54. The average Bonchev–Trinajstić information content (AvgIpc) is 2.86. The summed E-state index contributed by atoms with van der Waals surface area (Å²) in [4.78, 5) is 15.5. The zero-order valence-electron chi connectivity index (χ0n) is 9.14. The highest BCUT2D eigenvalue weighted by Gasteiger charge is 2.22. The Hall–Kier alpha value is -1.91. The second-order valence-corrected chi connectivity index (χ2v) is 3.54. The molecule has 0 aliphatic heterocycles. The summed E-state index contributed by atoms with van der Waals surface area (Å²) in [6.45, 7) is 3.43. The van der Waals surface area contributed by atoms with Crippen LogP contribution in [0.5, 0.6) is 0 Å². The summed E-state index contributed by atoms with van der Waals surface area (Å²) >= 11 is 0. The first-order valence-corrected chi connectivity index (χ1v) is 5.09. The molecule has 0 spiro atoms. The molecule has 0 aliphatic carbocycles. The molecule has 2 aromatic rings. The van der Waals surface area contributed by atoms with Crippen molar-refractivity contribution in [3.05, 3.63) is 24.5 Å². The summed E-state index contributed by atoms with van der Waals surface area (Å²) in [7, 11) is 0. The van der Waals surface area contributed by atoms with Crippen molar-refractivity contribution in [1.29, 1.82) is 0 Å². The van der Waals surface area contributed by atoms with E-state index in [0.29, 0.717) is 18.1 Å². The van der Waals surface area contributed by atoms with Crippen LogP contribution in [0.15, 0.2) is 27.5 Å². The number of hydrogen-bond donors (Lipinski definition) is 0. The number of hydrogen-bond acceptors (Lipinski definition) is 5. The average molecular weight is 220 g/mol. The lowest BCUT2D eigenvalue weighted by Crippen LogP contribution is -2.07. The van der Waals surface area contributed by atoms with Crippen LogP contribution in [0.3, 0.4) is 0 Å². The van der Waals surface area contributed by atoms with Crippen molar-refractivity contribution >= 4 is 5.78 Å². The van der Waals surface area contributed by atoms with E-state index >= 15 is 0 Å². The molecular formula is C11H12N2O3. The normalized spacial score (nSPS) is 12.6. The molecular weight excluding hydrogens is 208 g/mol. The van der Waals surface area contributed by atoms with Crippen molar-refractivity contribution in [2.45, 2.75) is 26.2 Å². The molecule has 5 heteroatoms. The molecule has 0 bridgehead atoms. The molecule has 2 rings (SSSR count). The van der Waals surface area contributed by atoms with Crippen LogP contribution in [0.25, 0.3) is 11.4 Å². The fraction of sp³-hybridized carbons (Fsp3) is 0.364. The number of carbonyl (C=O) groups excluding carboxylic acids is 1. The van der Waals surface area contributed by atoms with Crippen molar-refractivity contribution in [2.24, 2.45) is 0 Å². The quantitative estimate of drug-likeness (QED) is 0.791. The van der Waals surface area contributed by atoms with Gasteiger partial charge in [-0.05, 0) is 19.4 Å². The molecule has 0 N–H and O–H groups in total. The Bertz CT molecular complexity index is 473. The monoisotopic (exact) mass is 220 g/mol. The van der Waals surface area contributed by atoms with Crippen LogP contribution < -0.4 is 0 Å². The van der Waals surface area contributed by atoms with E-state index in [9.17, 15) is 4.79 Å². The molecule has 1 unspecified atom stereocenters. The van der Waals surface area contributed by atoms with Gasteiger partial charge in [0.1, 0.15) is 12.0 Å². The summed E-state index contributed by atoms with van der Waals surface area (Å²) in [5.41, 5.74) is 0.744. The fourth-order valence-electron chi connectivity index (χ4n) is 1.52. The van der Waals surface area contributed by atoms with E-state index in [4.69, 9.17) is 8.94 Å². The molecule has 2 aromatic heterocycles. The van der Waals surface area contributed by atoms with E-state index in [0.717, 1.165) is 5.56 Å². The first-order valence-electron chi connectivity index (χ1n) is 5.09. The molecule has 0 amide bonds. The highest BCUT2D eigenvalue weighted by Crippen LogP contribution is 2.22. The first-order chi connectivity index (χ1) is 7.72. The maximum atomic E-state index is 11.3. The molecule has 0 saturated carbocycles. The number of rotatable bonds is 4. The van der Waals surface area contributed by atoms with Gasteiger partial charge in [-0.25, -0.2) is 0 Å². The van der Waals surface area contributed by atoms with Crippen LogP contribution in [0.2, 0.25) is 0 Å². The fourth-order valence-corrected chi connectivity index (χ4v) is 1.52. The number of aromatic nitrogens is 2. The molecule has 0 radical (unpaired) electrons. The maximum Gasteiger partial charge on any atom is 0.237 e. The standard InChI is InChI=1S/C11H12N2O3/c1-3-9(7(2)14)11-12-10(13-16-11)8-4-5-15-6-8/h4-6,9H,3H2,1-2H3. The minimum Gasteiger partial charge on any atom is -0.472 e. The molecule has 5 nitrogen and oxygen atoms in total. The largest absolute Gasteiger partial charge is 0.472 e. The van der Waals surface area contributed by atoms with Gasteiger partial charge in [0.15, 0.2) is 0 Å². The predicted octanol–water partition coefficient (Wildman–Crippen LogP) is 2.41. The lowest BCUT2D eigenvalue weighted by atomic mass is 10.0. The van der Waals surface area contributed by atoms with Crippen LogP contribution in [0, 0.1) is 0 Å². The number of nitrogens with zero attached hydrogens (tertiary/aromatic N) is 2.